The molecule has 0 fully saturated rings. The zero-order valence-electron chi connectivity index (χ0n) is 11.4. The van der Waals surface area contributed by atoms with Gasteiger partial charge in [-0.25, -0.2) is 0 Å². The first-order valence-corrected chi connectivity index (χ1v) is 6.03. The second-order valence-corrected chi connectivity index (χ2v) is 4.88. The van der Waals surface area contributed by atoms with Gasteiger partial charge in [0.1, 0.15) is 0 Å². The predicted molar refractivity (Wildman–Crippen MR) is 70.5 cm³/mol. The second kappa shape index (κ2) is 5.82. The van der Waals surface area contributed by atoms with Gasteiger partial charge in [0.25, 0.3) is 0 Å². The smallest absolute Gasteiger partial charge is 0.231 e. The predicted octanol–water partition coefficient (Wildman–Crippen LogP) is 1.01. The Kier molecular flexibility index (Phi) is 4.67. The minimum atomic E-state index is -0.418. The molecule has 0 spiro atoms. The first-order valence-electron chi connectivity index (χ1n) is 6.03. The number of hydrogen-bond acceptors (Lipinski definition) is 3. The highest BCUT2D eigenvalue weighted by Gasteiger charge is 2.19. The molecule has 100 valence electrons. The average Bonchev–Trinajstić information content (AvgIpc) is 2.56. The van der Waals surface area contributed by atoms with Crippen LogP contribution in [0.2, 0.25) is 0 Å². The summed E-state index contributed by atoms with van der Waals surface area (Å²) in [5.74, 6) is -0.412. The molecule has 3 N–H and O–H groups in total. The molecule has 1 amide bonds. The number of hydrogen-bond donors (Lipinski definition) is 2. The van der Waals surface area contributed by atoms with Crippen molar-refractivity contribution in [3.8, 4) is 0 Å². The fourth-order valence-corrected chi connectivity index (χ4v) is 1.90. The maximum Gasteiger partial charge on any atom is 0.231 e. The number of H-pyrrole nitrogens is 1. The van der Waals surface area contributed by atoms with E-state index in [1.54, 1.807) is 4.90 Å². The highest BCUT2D eigenvalue weighted by molar-refractivity contribution is 5.99. The van der Waals surface area contributed by atoms with Gasteiger partial charge in [-0.05, 0) is 33.8 Å². The third kappa shape index (κ3) is 3.70. The molecule has 0 bridgehead atoms. The Hall–Kier alpha value is -1.62. The van der Waals surface area contributed by atoms with E-state index in [1.165, 1.54) is 0 Å². The first-order chi connectivity index (χ1) is 8.31. The number of carbonyl (C=O) groups excluding carboxylic acids is 2. The molecule has 1 heterocycles. The fraction of sp³-hybridized carbons (Fsp3) is 0.538. The number of nitrogens with one attached hydrogen (secondary N) is 1. The van der Waals surface area contributed by atoms with Crippen molar-refractivity contribution in [2.75, 3.05) is 13.1 Å². The van der Waals surface area contributed by atoms with Gasteiger partial charge in [0.05, 0.1) is 13.1 Å². The van der Waals surface area contributed by atoms with Gasteiger partial charge < -0.3 is 10.7 Å². The van der Waals surface area contributed by atoms with Crippen LogP contribution in [0.5, 0.6) is 0 Å². The molecular weight excluding hydrogens is 230 g/mol. The zero-order chi connectivity index (χ0) is 13.9. The Labute approximate surface area is 107 Å². The number of aryl methyl sites for hydroxylation is 2. The van der Waals surface area contributed by atoms with Crippen LogP contribution < -0.4 is 5.73 Å². The molecule has 0 radical (unpaired) electrons. The number of primary amides is 1. The summed E-state index contributed by atoms with van der Waals surface area (Å²) in [4.78, 5) is 28.0. The van der Waals surface area contributed by atoms with Crippen LogP contribution in [0.25, 0.3) is 0 Å². The lowest BCUT2D eigenvalue weighted by molar-refractivity contribution is -0.119. The normalized spacial score (nSPS) is 11.2. The van der Waals surface area contributed by atoms with Crippen LogP contribution in [0.1, 0.15) is 35.6 Å². The molecule has 18 heavy (non-hydrogen) atoms. The molecule has 0 aromatic carbocycles. The van der Waals surface area contributed by atoms with Gasteiger partial charge in [-0.2, -0.15) is 0 Å². The van der Waals surface area contributed by atoms with Crippen molar-refractivity contribution in [3.05, 3.63) is 23.0 Å². The lowest BCUT2D eigenvalue weighted by Crippen LogP contribution is -2.41. The SMILES string of the molecule is Cc1cc(C(=O)CN(CC(N)=O)C(C)C)c(C)[nH]1. The van der Waals surface area contributed by atoms with Crippen molar-refractivity contribution >= 4 is 11.7 Å². The van der Waals surface area contributed by atoms with Gasteiger partial charge in [-0.15, -0.1) is 0 Å². The van der Waals surface area contributed by atoms with E-state index in [-0.39, 0.29) is 24.9 Å². The van der Waals surface area contributed by atoms with Crippen molar-refractivity contribution in [2.45, 2.75) is 33.7 Å². The summed E-state index contributed by atoms with van der Waals surface area (Å²) >= 11 is 0. The maximum atomic E-state index is 12.2. The molecule has 0 atom stereocenters. The third-order valence-corrected chi connectivity index (χ3v) is 2.89. The van der Waals surface area contributed by atoms with Crippen molar-refractivity contribution in [3.63, 3.8) is 0 Å². The fourth-order valence-electron chi connectivity index (χ4n) is 1.90. The third-order valence-electron chi connectivity index (χ3n) is 2.89. The summed E-state index contributed by atoms with van der Waals surface area (Å²) < 4.78 is 0. The molecule has 5 heteroatoms. The van der Waals surface area contributed by atoms with Gasteiger partial charge in [-0.3, -0.25) is 14.5 Å². The van der Waals surface area contributed by atoms with Gasteiger partial charge in [0.15, 0.2) is 5.78 Å². The number of aromatic amines is 1. The minimum Gasteiger partial charge on any atom is -0.369 e. The molecule has 1 rings (SSSR count). The van der Waals surface area contributed by atoms with Crippen LogP contribution in [0, 0.1) is 13.8 Å². The van der Waals surface area contributed by atoms with Crippen LogP contribution in [0.3, 0.4) is 0 Å². The van der Waals surface area contributed by atoms with E-state index in [9.17, 15) is 9.59 Å². The molecule has 0 unspecified atom stereocenters. The zero-order valence-corrected chi connectivity index (χ0v) is 11.4. The number of nitrogens with zero attached hydrogens (tertiary/aromatic N) is 1. The van der Waals surface area contributed by atoms with E-state index in [0.717, 1.165) is 11.4 Å². The van der Waals surface area contributed by atoms with Crippen molar-refractivity contribution in [1.29, 1.82) is 0 Å². The Morgan fingerprint density at radius 2 is 1.94 bits per heavy atom. The molecule has 0 saturated carbocycles. The minimum absolute atomic E-state index is 0.00630. The number of aromatic nitrogens is 1. The highest BCUT2D eigenvalue weighted by atomic mass is 16.1. The van der Waals surface area contributed by atoms with Crippen molar-refractivity contribution in [1.82, 2.24) is 9.88 Å². The number of Topliss-reactive ketones (excluding diaryl/α,β-unsaturated/α-hetero) is 1. The topological polar surface area (TPSA) is 79.2 Å². The van der Waals surface area contributed by atoms with E-state index in [2.05, 4.69) is 4.98 Å². The van der Waals surface area contributed by atoms with Crippen LogP contribution in [-0.2, 0) is 4.79 Å². The summed E-state index contributed by atoms with van der Waals surface area (Å²) in [5, 5.41) is 0. The Bertz CT molecular complexity index is 449. The maximum absolute atomic E-state index is 12.2. The highest BCUT2D eigenvalue weighted by Crippen LogP contribution is 2.11. The van der Waals surface area contributed by atoms with Gasteiger partial charge in [0, 0.05) is 23.0 Å². The molecule has 0 aliphatic carbocycles. The molecule has 1 aromatic heterocycles. The van der Waals surface area contributed by atoms with Gasteiger partial charge in [-0.1, -0.05) is 0 Å². The van der Waals surface area contributed by atoms with Crippen LogP contribution in [0.15, 0.2) is 6.07 Å². The first kappa shape index (κ1) is 14.4. The summed E-state index contributed by atoms with van der Waals surface area (Å²) in [6.07, 6.45) is 0. The number of nitrogens with two attached hydrogens (primary N) is 1. The molecule has 0 aliphatic heterocycles. The van der Waals surface area contributed by atoms with Crippen molar-refractivity contribution < 1.29 is 9.59 Å². The van der Waals surface area contributed by atoms with E-state index >= 15 is 0 Å². The van der Waals surface area contributed by atoms with Crippen molar-refractivity contribution in [2.24, 2.45) is 5.73 Å². The van der Waals surface area contributed by atoms with E-state index in [1.807, 2.05) is 33.8 Å². The molecule has 5 nitrogen and oxygen atoms in total. The lowest BCUT2D eigenvalue weighted by Gasteiger charge is -2.23. The standard InChI is InChI=1S/C13H21N3O2/c1-8(2)16(7-13(14)18)6-12(17)11-5-9(3)15-10(11)4/h5,8,15H,6-7H2,1-4H3,(H2,14,18). The number of rotatable bonds is 6. The Morgan fingerprint density at radius 3 is 2.33 bits per heavy atom. The molecule has 0 saturated heterocycles. The van der Waals surface area contributed by atoms with E-state index < -0.39 is 5.91 Å². The van der Waals surface area contributed by atoms with E-state index in [0.29, 0.717) is 5.56 Å². The monoisotopic (exact) mass is 251 g/mol. The van der Waals surface area contributed by atoms with Crippen LogP contribution in [-0.4, -0.2) is 40.7 Å². The number of amides is 1. The Morgan fingerprint density at radius 1 is 1.33 bits per heavy atom. The van der Waals surface area contributed by atoms with Crippen LogP contribution >= 0.6 is 0 Å². The quantitative estimate of drug-likeness (QED) is 0.740. The average molecular weight is 251 g/mol. The summed E-state index contributed by atoms with van der Waals surface area (Å²) in [7, 11) is 0. The number of carbonyl (C=O) groups is 2. The largest absolute Gasteiger partial charge is 0.369 e. The molecule has 0 aliphatic rings. The number of ketones is 1. The van der Waals surface area contributed by atoms with Crippen LogP contribution in [0.4, 0.5) is 0 Å². The summed E-state index contributed by atoms with van der Waals surface area (Å²) in [6, 6.07) is 1.93. The second-order valence-electron chi connectivity index (χ2n) is 4.88. The van der Waals surface area contributed by atoms with Gasteiger partial charge >= 0.3 is 0 Å². The Balaban J connectivity index is 2.78. The lowest BCUT2D eigenvalue weighted by atomic mass is 10.1. The molecule has 1 aromatic rings. The van der Waals surface area contributed by atoms with Gasteiger partial charge in [0.2, 0.25) is 5.91 Å². The summed E-state index contributed by atoms with van der Waals surface area (Å²) in [5.41, 5.74) is 7.69. The summed E-state index contributed by atoms with van der Waals surface area (Å²) in [6.45, 7) is 7.96. The molecular formula is C13H21N3O2. The van der Waals surface area contributed by atoms with E-state index in [4.69, 9.17) is 5.73 Å².